The molecule has 0 aliphatic rings. The minimum atomic E-state index is -0.103. The summed E-state index contributed by atoms with van der Waals surface area (Å²) >= 11 is 0. The van der Waals surface area contributed by atoms with Crippen LogP contribution in [0.25, 0.3) is 0 Å². The lowest BCUT2D eigenvalue weighted by Gasteiger charge is -2.03. The molecule has 0 aliphatic heterocycles. The quantitative estimate of drug-likeness (QED) is 0.121. The lowest BCUT2D eigenvalue weighted by Crippen LogP contribution is -2.22. The molecule has 8 heteroatoms. The van der Waals surface area contributed by atoms with E-state index in [2.05, 4.69) is 27.3 Å². The first-order valence-corrected chi connectivity index (χ1v) is 10.8. The zero-order valence-corrected chi connectivity index (χ0v) is 17.8. The average Bonchev–Trinajstić information content (AvgIpc) is 2.65. The molecule has 0 heterocycles. The molecular formula is C20H42N8. The van der Waals surface area contributed by atoms with Crippen molar-refractivity contribution in [2.45, 2.75) is 103 Å². The molecule has 0 unspecified atom stereocenters. The van der Waals surface area contributed by atoms with E-state index in [1.165, 1.54) is 83.3 Å². The van der Waals surface area contributed by atoms with Crippen LogP contribution in [0.1, 0.15) is 103 Å². The van der Waals surface area contributed by atoms with Crippen molar-refractivity contribution in [2.24, 2.45) is 43.3 Å². The van der Waals surface area contributed by atoms with Gasteiger partial charge in [0.05, 0.1) is 11.9 Å². The highest BCUT2D eigenvalue weighted by Gasteiger charge is 1.98. The molecule has 0 aromatic carbocycles. The van der Waals surface area contributed by atoms with Crippen molar-refractivity contribution >= 4 is 23.8 Å². The molecular weight excluding hydrogens is 352 g/mol. The van der Waals surface area contributed by atoms with Gasteiger partial charge in [0.25, 0.3) is 0 Å². The molecule has 162 valence electrons. The van der Waals surface area contributed by atoms with E-state index in [-0.39, 0.29) is 11.9 Å². The van der Waals surface area contributed by atoms with E-state index in [0.29, 0.717) is 5.71 Å². The summed E-state index contributed by atoms with van der Waals surface area (Å²) in [6.45, 7) is 2.27. The highest BCUT2D eigenvalue weighted by atomic mass is 15.3. The minimum Gasteiger partial charge on any atom is -0.369 e. The van der Waals surface area contributed by atoms with Gasteiger partial charge in [0, 0.05) is 0 Å². The fraction of sp³-hybridized carbons (Fsp3) is 0.800. The van der Waals surface area contributed by atoms with Gasteiger partial charge in [-0.1, -0.05) is 90.4 Å². The summed E-state index contributed by atoms with van der Waals surface area (Å²) in [6.07, 6.45) is 20.7. The van der Waals surface area contributed by atoms with Crippen LogP contribution >= 0.6 is 0 Å². The third-order valence-corrected chi connectivity index (χ3v) is 4.46. The van der Waals surface area contributed by atoms with Crippen LogP contribution in [-0.2, 0) is 0 Å². The van der Waals surface area contributed by atoms with Crippen LogP contribution < -0.4 is 22.9 Å². The maximum atomic E-state index is 5.31. The van der Waals surface area contributed by atoms with E-state index in [9.17, 15) is 0 Å². The molecule has 28 heavy (non-hydrogen) atoms. The van der Waals surface area contributed by atoms with E-state index in [1.807, 2.05) is 0 Å². The van der Waals surface area contributed by atoms with Crippen molar-refractivity contribution in [1.29, 1.82) is 0 Å². The first kappa shape index (κ1) is 25.9. The van der Waals surface area contributed by atoms with Crippen molar-refractivity contribution in [3.63, 3.8) is 0 Å². The minimum absolute atomic E-state index is 0.0892. The summed E-state index contributed by atoms with van der Waals surface area (Å²) in [6, 6.07) is 0. The number of nitrogens with zero attached hydrogens (tertiary/aromatic N) is 4. The fourth-order valence-electron chi connectivity index (χ4n) is 2.93. The SMILES string of the molecule is CCCCCCCCCCCCCCCCC(/C=N/N=C(N)N)=N\N=C(N)N. The molecule has 0 saturated heterocycles. The highest BCUT2D eigenvalue weighted by Crippen LogP contribution is 2.13. The van der Waals surface area contributed by atoms with Crippen molar-refractivity contribution in [3.05, 3.63) is 0 Å². The Morgan fingerprint density at radius 2 is 1.00 bits per heavy atom. The average molecular weight is 395 g/mol. The molecule has 0 aromatic heterocycles. The number of unbranched alkanes of at least 4 members (excludes halogenated alkanes) is 13. The van der Waals surface area contributed by atoms with E-state index in [4.69, 9.17) is 22.9 Å². The van der Waals surface area contributed by atoms with Gasteiger partial charge in [0.2, 0.25) is 11.9 Å². The first-order chi connectivity index (χ1) is 13.6. The zero-order chi connectivity index (χ0) is 20.9. The van der Waals surface area contributed by atoms with Crippen molar-refractivity contribution < 1.29 is 0 Å². The molecule has 0 amide bonds. The van der Waals surface area contributed by atoms with Crippen molar-refractivity contribution in [3.8, 4) is 0 Å². The Bertz CT molecular complexity index is 475. The van der Waals surface area contributed by atoms with Gasteiger partial charge in [-0.2, -0.15) is 10.2 Å². The summed E-state index contributed by atoms with van der Waals surface area (Å²) in [5.41, 5.74) is 21.7. The lowest BCUT2D eigenvalue weighted by molar-refractivity contribution is 0.537. The second-order valence-electron chi connectivity index (χ2n) is 7.23. The van der Waals surface area contributed by atoms with Gasteiger partial charge in [0.1, 0.15) is 0 Å². The first-order valence-electron chi connectivity index (χ1n) is 10.8. The summed E-state index contributed by atoms with van der Waals surface area (Å²) < 4.78 is 0. The highest BCUT2D eigenvalue weighted by molar-refractivity contribution is 6.30. The Morgan fingerprint density at radius 1 is 0.571 bits per heavy atom. The second kappa shape index (κ2) is 19.6. The van der Waals surface area contributed by atoms with Crippen LogP contribution in [0.4, 0.5) is 0 Å². The van der Waals surface area contributed by atoms with Crippen molar-refractivity contribution in [1.82, 2.24) is 0 Å². The maximum Gasteiger partial charge on any atom is 0.211 e. The number of hydrogen-bond donors (Lipinski definition) is 4. The molecule has 0 fully saturated rings. The van der Waals surface area contributed by atoms with Crippen LogP contribution in [-0.4, -0.2) is 23.8 Å². The van der Waals surface area contributed by atoms with Gasteiger partial charge in [-0.3, -0.25) is 0 Å². The van der Waals surface area contributed by atoms with Gasteiger partial charge < -0.3 is 22.9 Å². The molecule has 0 saturated carbocycles. The second-order valence-corrected chi connectivity index (χ2v) is 7.23. The molecule has 0 bridgehead atoms. The maximum absolute atomic E-state index is 5.31. The Balaban J connectivity index is 3.72. The molecule has 0 aromatic rings. The predicted octanol–water partition coefficient (Wildman–Crippen LogP) is 3.75. The summed E-state index contributed by atoms with van der Waals surface area (Å²) in [5.74, 6) is -0.192. The summed E-state index contributed by atoms with van der Waals surface area (Å²) in [5, 5.41) is 15.0. The molecule has 8 N–H and O–H groups in total. The lowest BCUT2D eigenvalue weighted by atomic mass is 10.0. The Labute approximate surface area is 171 Å². The normalized spacial score (nSPS) is 11.7. The van der Waals surface area contributed by atoms with E-state index < -0.39 is 0 Å². The molecule has 0 atom stereocenters. The fourth-order valence-corrected chi connectivity index (χ4v) is 2.93. The summed E-state index contributed by atoms with van der Waals surface area (Å²) in [7, 11) is 0. The molecule has 0 rings (SSSR count). The van der Waals surface area contributed by atoms with Crippen LogP contribution in [0, 0.1) is 0 Å². The van der Waals surface area contributed by atoms with Gasteiger partial charge in [-0.15, -0.1) is 10.2 Å². The molecule has 0 radical (unpaired) electrons. The number of nitrogens with two attached hydrogens (primary N) is 4. The number of hydrogen-bond acceptors (Lipinski definition) is 4. The van der Waals surface area contributed by atoms with Gasteiger partial charge in [0.15, 0.2) is 0 Å². The summed E-state index contributed by atoms with van der Waals surface area (Å²) in [4.78, 5) is 0. The van der Waals surface area contributed by atoms with Gasteiger partial charge in [-0.25, -0.2) is 0 Å². The predicted molar refractivity (Wildman–Crippen MR) is 122 cm³/mol. The molecule has 8 nitrogen and oxygen atoms in total. The number of rotatable bonds is 18. The van der Waals surface area contributed by atoms with E-state index in [0.717, 1.165) is 19.3 Å². The van der Waals surface area contributed by atoms with E-state index in [1.54, 1.807) is 0 Å². The van der Waals surface area contributed by atoms with Gasteiger partial charge >= 0.3 is 0 Å². The van der Waals surface area contributed by atoms with Crippen LogP contribution in [0.5, 0.6) is 0 Å². The van der Waals surface area contributed by atoms with Crippen LogP contribution in [0.15, 0.2) is 20.4 Å². The van der Waals surface area contributed by atoms with E-state index >= 15 is 0 Å². The molecule has 0 spiro atoms. The monoisotopic (exact) mass is 394 g/mol. The Hall–Kier alpha value is -2.12. The van der Waals surface area contributed by atoms with Gasteiger partial charge in [-0.05, 0) is 12.8 Å². The number of guanidine groups is 2. The van der Waals surface area contributed by atoms with Crippen LogP contribution in [0.3, 0.4) is 0 Å². The smallest absolute Gasteiger partial charge is 0.211 e. The third kappa shape index (κ3) is 20.2. The Kier molecular flexibility index (Phi) is 18.1. The van der Waals surface area contributed by atoms with Crippen LogP contribution in [0.2, 0.25) is 0 Å². The largest absolute Gasteiger partial charge is 0.369 e. The third-order valence-electron chi connectivity index (χ3n) is 4.46. The van der Waals surface area contributed by atoms with Crippen molar-refractivity contribution in [2.75, 3.05) is 0 Å². The molecule has 0 aliphatic carbocycles. The Morgan fingerprint density at radius 3 is 1.43 bits per heavy atom. The standard InChI is InChI=1S/C20H42N8/c1-2-3-4-5-6-7-8-9-10-11-12-13-14-15-16-18(26-28-20(23)24)17-25-27-19(21)22/h17H,2-16H2,1H3,(H4,21,22,27)(H4,23,24,28)/b25-17+,26-18+. The zero-order valence-electron chi connectivity index (χ0n) is 17.8. The topological polar surface area (TPSA) is 154 Å².